The van der Waals surface area contributed by atoms with Crippen molar-refractivity contribution in [3.05, 3.63) is 29.6 Å². The fraction of sp³-hybridized carbons (Fsp3) is 0.533. The van der Waals surface area contributed by atoms with Gasteiger partial charge in [-0.25, -0.2) is 4.39 Å². The number of carbonyl (C=O) groups is 1. The van der Waals surface area contributed by atoms with Crippen molar-refractivity contribution in [1.29, 1.82) is 0 Å². The van der Waals surface area contributed by atoms with Gasteiger partial charge in [-0.3, -0.25) is 4.79 Å². The quantitative estimate of drug-likeness (QED) is 0.869. The van der Waals surface area contributed by atoms with Crippen LogP contribution in [-0.4, -0.2) is 31.3 Å². The van der Waals surface area contributed by atoms with E-state index in [-0.39, 0.29) is 29.2 Å². The van der Waals surface area contributed by atoms with E-state index in [4.69, 9.17) is 4.74 Å². The first-order chi connectivity index (χ1) is 9.60. The molecule has 1 aromatic carbocycles. The third-order valence-corrected chi connectivity index (χ3v) is 4.04. The third-order valence-electron chi connectivity index (χ3n) is 4.04. The van der Waals surface area contributed by atoms with E-state index >= 15 is 0 Å². The molecular formula is C15H20FNO3. The zero-order valence-corrected chi connectivity index (χ0v) is 11.6. The normalized spacial score (nSPS) is 16.9. The van der Waals surface area contributed by atoms with Crippen LogP contribution in [0.4, 0.5) is 4.39 Å². The SMILES string of the molecule is COc1ccc(C(=O)NCC2(CO)CCCC2)cc1F. The molecule has 0 atom stereocenters. The molecule has 1 aliphatic carbocycles. The van der Waals surface area contributed by atoms with Crippen molar-refractivity contribution < 1.29 is 19.0 Å². The van der Waals surface area contributed by atoms with Gasteiger partial charge in [0.25, 0.3) is 5.91 Å². The van der Waals surface area contributed by atoms with Gasteiger partial charge in [0.2, 0.25) is 0 Å². The molecule has 0 saturated heterocycles. The van der Waals surface area contributed by atoms with Gasteiger partial charge in [0.1, 0.15) is 0 Å². The minimum Gasteiger partial charge on any atom is -0.494 e. The monoisotopic (exact) mass is 281 g/mol. The zero-order chi connectivity index (χ0) is 14.6. The molecule has 20 heavy (non-hydrogen) atoms. The Morgan fingerprint density at radius 1 is 1.45 bits per heavy atom. The highest BCUT2D eigenvalue weighted by atomic mass is 19.1. The van der Waals surface area contributed by atoms with Crippen LogP contribution in [0.3, 0.4) is 0 Å². The Balaban J connectivity index is 1.99. The molecule has 5 heteroatoms. The second-order valence-electron chi connectivity index (χ2n) is 5.40. The molecule has 0 unspecified atom stereocenters. The summed E-state index contributed by atoms with van der Waals surface area (Å²) in [6.07, 6.45) is 3.99. The molecule has 1 amide bonds. The van der Waals surface area contributed by atoms with Gasteiger partial charge in [-0.15, -0.1) is 0 Å². The van der Waals surface area contributed by atoms with Crippen LogP contribution in [-0.2, 0) is 0 Å². The lowest BCUT2D eigenvalue weighted by Crippen LogP contribution is -2.38. The maximum atomic E-state index is 13.5. The first kappa shape index (κ1) is 14.8. The Kier molecular flexibility index (Phi) is 4.60. The number of halogens is 1. The maximum absolute atomic E-state index is 13.5. The number of rotatable bonds is 5. The summed E-state index contributed by atoms with van der Waals surface area (Å²) in [7, 11) is 1.38. The number of ether oxygens (including phenoxy) is 1. The van der Waals surface area contributed by atoms with Crippen LogP contribution in [0.25, 0.3) is 0 Å². The predicted octanol–water partition coefficient (Wildman–Crippen LogP) is 2.12. The van der Waals surface area contributed by atoms with Crippen LogP contribution in [0.2, 0.25) is 0 Å². The summed E-state index contributed by atoms with van der Waals surface area (Å²) in [5, 5.41) is 12.3. The molecule has 2 rings (SSSR count). The minimum atomic E-state index is -0.558. The number of benzene rings is 1. The standard InChI is InChI=1S/C15H20FNO3/c1-20-13-5-4-11(8-12(13)16)14(19)17-9-15(10-18)6-2-3-7-15/h4-5,8,18H,2-3,6-7,9-10H2,1H3,(H,17,19). The molecule has 1 fully saturated rings. The first-order valence-corrected chi connectivity index (χ1v) is 6.83. The Hall–Kier alpha value is -1.62. The average Bonchev–Trinajstić information content (AvgIpc) is 2.94. The second-order valence-corrected chi connectivity index (χ2v) is 5.40. The molecule has 0 heterocycles. The Morgan fingerprint density at radius 3 is 2.70 bits per heavy atom. The lowest BCUT2D eigenvalue weighted by Gasteiger charge is -2.26. The van der Waals surface area contributed by atoms with Crippen molar-refractivity contribution in [3.63, 3.8) is 0 Å². The van der Waals surface area contributed by atoms with E-state index in [0.29, 0.717) is 6.54 Å². The number of hydrogen-bond acceptors (Lipinski definition) is 3. The summed E-state index contributed by atoms with van der Waals surface area (Å²) in [5.41, 5.74) is 0.0510. The maximum Gasteiger partial charge on any atom is 0.251 e. The van der Waals surface area contributed by atoms with Crippen molar-refractivity contribution in [2.75, 3.05) is 20.3 Å². The molecule has 0 aromatic heterocycles. The molecular weight excluding hydrogens is 261 g/mol. The van der Waals surface area contributed by atoms with Crippen molar-refractivity contribution in [2.24, 2.45) is 5.41 Å². The van der Waals surface area contributed by atoms with Crippen molar-refractivity contribution >= 4 is 5.91 Å². The molecule has 1 saturated carbocycles. The summed E-state index contributed by atoms with van der Waals surface area (Å²) in [6.45, 7) is 0.500. The molecule has 0 aliphatic heterocycles. The van der Waals surface area contributed by atoms with Crippen LogP contribution in [0.5, 0.6) is 5.75 Å². The molecule has 110 valence electrons. The summed E-state index contributed by atoms with van der Waals surface area (Å²) >= 11 is 0. The van der Waals surface area contributed by atoms with E-state index in [9.17, 15) is 14.3 Å². The number of hydrogen-bond donors (Lipinski definition) is 2. The van der Waals surface area contributed by atoms with Gasteiger partial charge in [-0.05, 0) is 31.0 Å². The van der Waals surface area contributed by atoms with Crippen LogP contribution < -0.4 is 10.1 Å². The Bertz CT molecular complexity index is 484. The summed E-state index contributed by atoms with van der Waals surface area (Å²) in [4.78, 5) is 12.0. The lowest BCUT2D eigenvalue weighted by molar-refractivity contribution is 0.0880. The van der Waals surface area contributed by atoms with E-state index < -0.39 is 5.82 Å². The van der Waals surface area contributed by atoms with Gasteiger partial charge >= 0.3 is 0 Å². The van der Waals surface area contributed by atoms with E-state index in [2.05, 4.69) is 5.32 Å². The lowest BCUT2D eigenvalue weighted by atomic mass is 9.87. The number of nitrogens with one attached hydrogen (secondary N) is 1. The number of aliphatic hydroxyl groups is 1. The van der Waals surface area contributed by atoms with Gasteiger partial charge < -0.3 is 15.2 Å². The van der Waals surface area contributed by atoms with Gasteiger partial charge in [0, 0.05) is 17.5 Å². The average molecular weight is 281 g/mol. The fourth-order valence-electron chi connectivity index (χ4n) is 2.69. The number of aliphatic hydroxyl groups excluding tert-OH is 1. The summed E-state index contributed by atoms with van der Waals surface area (Å²) in [6, 6.07) is 4.12. The molecule has 1 aliphatic rings. The highest BCUT2D eigenvalue weighted by molar-refractivity contribution is 5.94. The second kappa shape index (κ2) is 6.22. The van der Waals surface area contributed by atoms with Crippen molar-refractivity contribution in [3.8, 4) is 5.75 Å². The molecule has 0 spiro atoms. The van der Waals surface area contributed by atoms with Crippen LogP contribution in [0.1, 0.15) is 36.0 Å². The summed E-state index contributed by atoms with van der Waals surface area (Å²) < 4.78 is 18.4. The van der Waals surface area contributed by atoms with Crippen LogP contribution >= 0.6 is 0 Å². The Morgan fingerprint density at radius 2 is 2.15 bits per heavy atom. The van der Waals surface area contributed by atoms with Crippen molar-refractivity contribution in [1.82, 2.24) is 5.32 Å². The van der Waals surface area contributed by atoms with Gasteiger partial charge in [0.05, 0.1) is 13.7 Å². The molecule has 0 radical (unpaired) electrons. The van der Waals surface area contributed by atoms with E-state index in [1.807, 2.05) is 0 Å². The number of carbonyl (C=O) groups excluding carboxylic acids is 1. The van der Waals surface area contributed by atoms with Gasteiger partial charge in [0.15, 0.2) is 11.6 Å². The molecule has 1 aromatic rings. The van der Waals surface area contributed by atoms with Crippen LogP contribution in [0, 0.1) is 11.2 Å². The Labute approximate surface area is 117 Å². The smallest absolute Gasteiger partial charge is 0.251 e. The van der Waals surface area contributed by atoms with Gasteiger partial charge in [-0.2, -0.15) is 0 Å². The fourth-order valence-corrected chi connectivity index (χ4v) is 2.69. The molecule has 2 N–H and O–H groups in total. The zero-order valence-electron chi connectivity index (χ0n) is 11.6. The summed E-state index contributed by atoms with van der Waals surface area (Å²) in [5.74, 6) is -0.770. The number of amides is 1. The third kappa shape index (κ3) is 3.10. The van der Waals surface area contributed by atoms with E-state index in [1.165, 1.54) is 19.2 Å². The molecule has 4 nitrogen and oxygen atoms in total. The first-order valence-electron chi connectivity index (χ1n) is 6.83. The van der Waals surface area contributed by atoms with E-state index in [0.717, 1.165) is 31.7 Å². The predicted molar refractivity (Wildman–Crippen MR) is 73.3 cm³/mol. The highest BCUT2D eigenvalue weighted by Gasteiger charge is 2.33. The minimum absolute atomic E-state index is 0.0737. The van der Waals surface area contributed by atoms with E-state index in [1.54, 1.807) is 0 Å². The van der Waals surface area contributed by atoms with Crippen LogP contribution in [0.15, 0.2) is 18.2 Å². The molecule has 0 bridgehead atoms. The van der Waals surface area contributed by atoms with Crippen molar-refractivity contribution in [2.45, 2.75) is 25.7 Å². The highest BCUT2D eigenvalue weighted by Crippen LogP contribution is 2.36. The number of methoxy groups -OCH3 is 1. The topological polar surface area (TPSA) is 58.6 Å². The largest absolute Gasteiger partial charge is 0.494 e. The van der Waals surface area contributed by atoms with Gasteiger partial charge in [-0.1, -0.05) is 12.8 Å².